The minimum atomic E-state index is -3.83. The van der Waals surface area contributed by atoms with Crippen molar-refractivity contribution in [2.45, 2.75) is 25.2 Å². The number of nitrogens with one attached hydrogen (secondary N) is 2. The maximum Gasteiger partial charge on any atom is 0.244 e. The van der Waals surface area contributed by atoms with E-state index in [-0.39, 0.29) is 23.1 Å². The normalized spacial score (nSPS) is 11.6. The second-order valence-corrected chi connectivity index (χ2v) is 7.65. The Morgan fingerprint density at radius 1 is 1.21 bits per heavy atom. The Morgan fingerprint density at radius 2 is 1.83 bits per heavy atom. The van der Waals surface area contributed by atoms with Crippen LogP contribution in [0, 0.1) is 13.8 Å². The number of aryl methyl sites for hydroxylation is 2. The highest BCUT2D eigenvalue weighted by molar-refractivity contribution is 7.89. The van der Waals surface area contributed by atoms with Gasteiger partial charge in [0.1, 0.15) is 10.6 Å². The SMILES string of the molecule is COc1cc(C)c(C)cc1S(=O)(=O)NCC(=O)NCCCN(C)C. The number of hydrogen-bond donors (Lipinski definition) is 2. The van der Waals surface area contributed by atoms with Crippen molar-refractivity contribution in [1.82, 2.24) is 14.9 Å². The smallest absolute Gasteiger partial charge is 0.244 e. The standard InChI is InChI=1S/C16H27N3O4S/c1-12-9-14(23-5)15(10-13(12)2)24(21,22)18-11-16(20)17-7-6-8-19(3)4/h9-10,18H,6-8,11H2,1-5H3,(H,17,20). The molecular formula is C16H27N3O4S. The first-order valence-corrected chi connectivity index (χ1v) is 9.22. The molecule has 1 rings (SSSR count). The summed E-state index contributed by atoms with van der Waals surface area (Å²) in [4.78, 5) is 13.8. The molecule has 0 spiro atoms. The maximum atomic E-state index is 12.4. The van der Waals surface area contributed by atoms with Crippen LogP contribution in [0.2, 0.25) is 0 Å². The third kappa shape index (κ3) is 6.10. The van der Waals surface area contributed by atoms with Gasteiger partial charge in [0.05, 0.1) is 13.7 Å². The summed E-state index contributed by atoms with van der Waals surface area (Å²) in [5.74, 6) is -0.0999. The van der Waals surface area contributed by atoms with Gasteiger partial charge < -0.3 is 15.0 Å². The summed E-state index contributed by atoms with van der Waals surface area (Å²) < 4.78 is 32.3. The van der Waals surface area contributed by atoms with Gasteiger partial charge in [0.2, 0.25) is 15.9 Å². The van der Waals surface area contributed by atoms with Crippen molar-refractivity contribution in [1.29, 1.82) is 0 Å². The number of amides is 1. The van der Waals surface area contributed by atoms with Crippen LogP contribution in [0.25, 0.3) is 0 Å². The van der Waals surface area contributed by atoms with Crippen LogP contribution >= 0.6 is 0 Å². The van der Waals surface area contributed by atoms with Gasteiger partial charge in [0.15, 0.2) is 0 Å². The molecule has 0 heterocycles. The Labute approximate surface area is 144 Å². The zero-order chi connectivity index (χ0) is 18.3. The van der Waals surface area contributed by atoms with Crippen molar-refractivity contribution in [3.8, 4) is 5.75 Å². The summed E-state index contributed by atoms with van der Waals surface area (Å²) in [5.41, 5.74) is 1.77. The zero-order valence-electron chi connectivity index (χ0n) is 15.0. The number of sulfonamides is 1. The topological polar surface area (TPSA) is 87.7 Å². The molecule has 24 heavy (non-hydrogen) atoms. The lowest BCUT2D eigenvalue weighted by atomic mass is 10.1. The fraction of sp³-hybridized carbons (Fsp3) is 0.562. The molecule has 0 aliphatic heterocycles. The lowest BCUT2D eigenvalue weighted by Gasteiger charge is -2.13. The monoisotopic (exact) mass is 357 g/mol. The summed E-state index contributed by atoms with van der Waals surface area (Å²) >= 11 is 0. The van der Waals surface area contributed by atoms with Crippen LogP contribution in [0.3, 0.4) is 0 Å². The quantitative estimate of drug-likeness (QED) is 0.634. The summed E-state index contributed by atoms with van der Waals surface area (Å²) in [7, 11) is 1.49. The average molecular weight is 357 g/mol. The molecule has 1 amide bonds. The highest BCUT2D eigenvalue weighted by atomic mass is 32.2. The first kappa shape index (κ1) is 20.4. The van der Waals surface area contributed by atoms with E-state index in [2.05, 4.69) is 10.0 Å². The highest BCUT2D eigenvalue weighted by Crippen LogP contribution is 2.26. The Kier molecular flexibility index (Phi) is 7.65. The molecule has 0 aliphatic rings. The number of benzene rings is 1. The molecule has 1 aromatic rings. The van der Waals surface area contributed by atoms with Crippen molar-refractivity contribution >= 4 is 15.9 Å². The molecule has 0 bridgehead atoms. The van der Waals surface area contributed by atoms with Crippen molar-refractivity contribution in [2.75, 3.05) is 40.8 Å². The van der Waals surface area contributed by atoms with Crippen LogP contribution in [0.4, 0.5) is 0 Å². The van der Waals surface area contributed by atoms with Crippen LogP contribution in [-0.4, -0.2) is 60.1 Å². The third-order valence-corrected chi connectivity index (χ3v) is 5.02. The van der Waals surface area contributed by atoms with Gasteiger partial charge in [-0.05, 0) is 64.2 Å². The minimum Gasteiger partial charge on any atom is -0.495 e. The van der Waals surface area contributed by atoms with Gasteiger partial charge in [-0.25, -0.2) is 13.1 Å². The van der Waals surface area contributed by atoms with Crippen LogP contribution in [0.1, 0.15) is 17.5 Å². The maximum absolute atomic E-state index is 12.4. The molecule has 0 saturated carbocycles. The zero-order valence-corrected chi connectivity index (χ0v) is 15.8. The molecule has 0 atom stereocenters. The van der Waals surface area contributed by atoms with Gasteiger partial charge >= 0.3 is 0 Å². The first-order valence-electron chi connectivity index (χ1n) is 7.73. The van der Waals surface area contributed by atoms with Gasteiger partial charge in [-0.1, -0.05) is 0 Å². The summed E-state index contributed by atoms with van der Waals surface area (Å²) in [5, 5.41) is 2.69. The van der Waals surface area contributed by atoms with Gasteiger partial charge in [0, 0.05) is 6.54 Å². The third-order valence-electron chi connectivity index (χ3n) is 3.60. The molecule has 8 heteroatoms. The van der Waals surface area contributed by atoms with E-state index in [1.165, 1.54) is 7.11 Å². The minimum absolute atomic E-state index is 0.0357. The fourth-order valence-electron chi connectivity index (χ4n) is 2.06. The first-order chi connectivity index (χ1) is 11.2. The lowest BCUT2D eigenvalue weighted by Crippen LogP contribution is -2.37. The number of rotatable bonds is 9. The average Bonchev–Trinajstić information content (AvgIpc) is 2.51. The number of carbonyl (C=O) groups excluding carboxylic acids is 1. The van der Waals surface area contributed by atoms with Crippen LogP contribution in [0.5, 0.6) is 5.75 Å². The Balaban J connectivity index is 2.67. The number of ether oxygens (including phenoxy) is 1. The van der Waals surface area contributed by atoms with Crippen LogP contribution in [-0.2, 0) is 14.8 Å². The van der Waals surface area contributed by atoms with Crippen molar-refractivity contribution in [2.24, 2.45) is 0 Å². The fourth-order valence-corrected chi connectivity index (χ4v) is 3.27. The van der Waals surface area contributed by atoms with Crippen LogP contribution in [0.15, 0.2) is 17.0 Å². The second kappa shape index (κ2) is 9.00. The Morgan fingerprint density at radius 3 is 2.42 bits per heavy atom. The lowest BCUT2D eigenvalue weighted by molar-refractivity contribution is -0.119. The highest BCUT2D eigenvalue weighted by Gasteiger charge is 2.21. The number of methoxy groups -OCH3 is 1. The molecule has 0 unspecified atom stereocenters. The summed E-state index contributed by atoms with van der Waals surface area (Å²) in [6.45, 7) is 4.76. The molecule has 0 aliphatic carbocycles. The number of nitrogens with zero attached hydrogens (tertiary/aromatic N) is 1. The molecular weight excluding hydrogens is 330 g/mol. The Bertz CT molecular complexity index is 672. The van der Waals surface area contributed by atoms with E-state index in [1.807, 2.05) is 32.8 Å². The second-order valence-electron chi connectivity index (χ2n) is 5.92. The summed E-state index contributed by atoms with van der Waals surface area (Å²) in [6.07, 6.45) is 0.802. The number of hydrogen-bond acceptors (Lipinski definition) is 5. The van der Waals surface area contributed by atoms with E-state index in [4.69, 9.17) is 4.74 Å². The van der Waals surface area contributed by atoms with E-state index >= 15 is 0 Å². The molecule has 0 saturated heterocycles. The molecule has 7 nitrogen and oxygen atoms in total. The molecule has 1 aromatic carbocycles. The molecule has 0 radical (unpaired) electrons. The largest absolute Gasteiger partial charge is 0.495 e. The molecule has 0 fully saturated rings. The van der Waals surface area contributed by atoms with Crippen molar-refractivity contribution in [3.63, 3.8) is 0 Å². The van der Waals surface area contributed by atoms with E-state index in [1.54, 1.807) is 12.1 Å². The van der Waals surface area contributed by atoms with E-state index in [0.717, 1.165) is 24.1 Å². The predicted octanol–water partition coefficient (Wildman–Crippen LogP) is 0.658. The Hall–Kier alpha value is -1.64. The molecule has 0 aromatic heterocycles. The molecule has 136 valence electrons. The van der Waals surface area contributed by atoms with Crippen LogP contribution < -0.4 is 14.8 Å². The van der Waals surface area contributed by atoms with Gasteiger partial charge in [-0.15, -0.1) is 0 Å². The number of carbonyl (C=O) groups is 1. The van der Waals surface area contributed by atoms with E-state index in [0.29, 0.717) is 6.54 Å². The summed E-state index contributed by atoms with van der Waals surface area (Å²) in [6, 6.07) is 3.22. The predicted molar refractivity (Wildman–Crippen MR) is 93.8 cm³/mol. The van der Waals surface area contributed by atoms with E-state index in [9.17, 15) is 13.2 Å². The van der Waals surface area contributed by atoms with Gasteiger partial charge in [-0.2, -0.15) is 0 Å². The van der Waals surface area contributed by atoms with E-state index < -0.39 is 10.0 Å². The van der Waals surface area contributed by atoms with Gasteiger partial charge in [-0.3, -0.25) is 4.79 Å². The van der Waals surface area contributed by atoms with Crippen molar-refractivity contribution in [3.05, 3.63) is 23.3 Å². The molecule has 2 N–H and O–H groups in total. The van der Waals surface area contributed by atoms with Crippen molar-refractivity contribution < 1.29 is 17.9 Å². The van der Waals surface area contributed by atoms with Gasteiger partial charge in [0.25, 0.3) is 0 Å².